The van der Waals surface area contributed by atoms with Crippen LogP contribution in [0.15, 0.2) is 140 Å². The van der Waals surface area contributed by atoms with E-state index in [-0.39, 0.29) is 0 Å². The second kappa shape index (κ2) is 8.69. The maximum Gasteiger partial charge on any atom is 0.0540 e. The fourth-order valence-corrected chi connectivity index (χ4v) is 7.42. The summed E-state index contributed by atoms with van der Waals surface area (Å²) < 4.78 is 2.68. The van der Waals surface area contributed by atoms with Crippen molar-refractivity contribution in [3.63, 3.8) is 0 Å². The second-order valence-electron chi connectivity index (χ2n) is 10.2. The monoisotopic (exact) mass is 515 g/mol. The summed E-state index contributed by atoms with van der Waals surface area (Å²) in [5, 5.41) is 2.66. The van der Waals surface area contributed by atoms with Crippen LogP contribution in [0.5, 0.6) is 0 Å². The lowest BCUT2D eigenvalue weighted by atomic mass is 9.91. The number of hydrogen-bond donors (Lipinski definition) is 0. The highest BCUT2D eigenvalue weighted by molar-refractivity contribution is 7.26. The largest absolute Gasteiger partial charge is 0.317 e. The van der Waals surface area contributed by atoms with Crippen LogP contribution in [0.4, 0.5) is 11.4 Å². The normalized spacial score (nSPS) is 16.3. The van der Waals surface area contributed by atoms with E-state index in [1.165, 1.54) is 59.1 Å². The molecule has 0 amide bonds. The minimum atomic E-state index is 0.894. The van der Waals surface area contributed by atoms with Gasteiger partial charge in [-0.1, -0.05) is 97.6 Å². The molecule has 39 heavy (non-hydrogen) atoms. The van der Waals surface area contributed by atoms with Crippen LogP contribution in [0.3, 0.4) is 0 Å². The summed E-state index contributed by atoms with van der Waals surface area (Å²) in [7, 11) is 0. The SMILES string of the molecule is C=C1/C2=C\C=C/N(c3ccc(-c4cccc5c4sc4ccccc45)cc3)c3cccc(c31)-c1ccccc1C2. The zero-order valence-corrected chi connectivity index (χ0v) is 22.2. The number of anilines is 2. The Morgan fingerprint density at radius 3 is 2.33 bits per heavy atom. The van der Waals surface area contributed by atoms with Crippen LogP contribution in [0, 0.1) is 0 Å². The van der Waals surface area contributed by atoms with E-state index in [1.807, 2.05) is 11.3 Å². The molecular formula is C37H25NS. The van der Waals surface area contributed by atoms with Crippen LogP contribution in [0.1, 0.15) is 11.1 Å². The minimum Gasteiger partial charge on any atom is -0.317 e. The molecule has 1 aromatic heterocycles. The Morgan fingerprint density at radius 1 is 0.667 bits per heavy atom. The van der Waals surface area contributed by atoms with Gasteiger partial charge < -0.3 is 4.90 Å². The first-order chi connectivity index (χ1) is 19.3. The number of thiophene rings is 1. The summed E-state index contributed by atoms with van der Waals surface area (Å²) >= 11 is 1.88. The first-order valence-corrected chi connectivity index (χ1v) is 14.2. The topological polar surface area (TPSA) is 3.24 Å². The molecule has 184 valence electrons. The number of hydrogen-bond acceptors (Lipinski definition) is 2. The third-order valence-electron chi connectivity index (χ3n) is 8.07. The number of fused-ring (bicyclic) bond motifs is 6. The summed E-state index contributed by atoms with van der Waals surface area (Å²) in [5.41, 5.74) is 12.3. The van der Waals surface area contributed by atoms with Gasteiger partial charge in [-0.2, -0.15) is 0 Å². The summed E-state index contributed by atoms with van der Waals surface area (Å²) in [6.07, 6.45) is 7.47. The summed E-state index contributed by atoms with van der Waals surface area (Å²) in [4.78, 5) is 2.30. The zero-order chi connectivity index (χ0) is 25.9. The molecule has 2 bridgehead atoms. The molecule has 0 unspecified atom stereocenters. The van der Waals surface area contributed by atoms with Gasteiger partial charge in [-0.05, 0) is 75.7 Å². The fourth-order valence-electron chi connectivity index (χ4n) is 6.18. The van der Waals surface area contributed by atoms with Crippen molar-refractivity contribution < 1.29 is 0 Å². The molecule has 2 aliphatic rings. The van der Waals surface area contributed by atoms with E-state index in [1.54, 1.807) is 0 Å². The third kappa shape index (κ3) is 3.46. The van der Waals surface area contributed by atoms with E-state index in [9.17, 15) is 0 Å². The number of nitrogens with zero attached hydrogens (tertiary/aromatic N) is 1. The molecule has 8 rings (SSSR count). The molecule has 0 atom stereocenters. The van der Waals surface area contributed by atoms with Crippen molar-refractivity contribution in [2.75, 3.05) is 4.90 Å². The van der Waals surface area contributed by atoms with E-state index in [2.05, 4.69) is 139 Å². The Hall–Kier alpha value is -4.66. The Bertz CT molecular complexity index is 2000. The molecule has 0 radical (unpaired) electrons. The average molecular weight is 516 g/mol. The van der Waals surface area contributed by atoms with Gasteiger partial charge in [0.05, 0.1) is 5.69 Å². The van der Waals surface area contributed by atoms with E-state index < -0.39 is 0 Å². The zero-order valence-electron chi connectivity index (χ0n) is 21.4. The first kappa shape index (κ1) is 22.3. The van der Waals surface area contributed by atoms with Gasteiger partial charge in [-0.15, -0.1) is 11.3 Å². The standard InChI is InChI=1S/C37H25NS/c1-24-26-10-8-22-38(34-16-7-14-32(36(24)34)29-11-3-2-9-27(29)23-26)28-20-18-25(19-21-28)30-13-6-15-33-31-12-4-5-17-35(31)39-37(30)33/h2-22H,1,23H2/b22-8-,26-10-. The van der Waals surface area contributed by atoms with Crippen molar-refractivity contribution in [2.24, 2.45) is 0 Å². The highest BCUT2D eigenvalue weighted by atomic mass is 32.1. The van der Waals surface area contributed by atoms with Crippen molar-refractivity contribution in [2.45, 2.75) is 6.42 Å². The van der Waals surface area contributed by atoms with Crippen LogP contribution < -0.4 is 4.90 Å². The fraction of sp³-hybridized carbons (Fsp3) is 0.0270. The van der Waals surface area contributed by atoms with Gasteiger partial charge in [-0.3, -0.25) is 0 Å². The van der Waals surface area contributed by atoms with Gasteiger partial charge in [-0.25, -0.2) is 0 Å². The molecule has 1 nitrogen and oxygen atoms in total. The van der Waals surface area contributed by atoms with E-state index >= 15 is 0 Å². The Kier molecular flexibility index (Phi) is 4.98. The van der Waals surface area contributed by atoms with Crippen LogP contribution in [-0.2, 0) is 6.42 Å². The third-order valence-corrected chi connectivity index (χ3v) is 9.29. The summed E-state index contributed by atoms with van der Waals surface area (Å²) in [6.45, 7) is 4.59. The summed E-state index contributed by atoms with van der Waals surface area (Å²) in [6, 6.07) is 39.7. The van der Waals surface area contributed by atoms with Crippen molar-refractivity contribution in [1.82, 2.24) is 0 Å². The molecule has 2 heteroatoms. The van der Waals surface area contributed by atoms with E-state index in [4.69, 9.17) is 0 Å². The molecule has 1 aliphatic heterocycles. The molecule has 0 fully saturated rings. The van der Waals surface area contributed by atoms with Crippen molar-refractivity contribution in [3.8, 4) is 22.3 Å². The van der Waals surface area contributed by atoms with Gasteiger partial charge in [0.25, 0.3) is 0 Å². The molecule has 5 aromatic carbocycles. The molecule has 2 heterocycles. The van der Waals surface area contributed by atoms with E-state index in [0.29, 0.717) is 0 Å². The molecule has 0 saturated carbocycles. The highest BCUT2D eigenvalue weighted by Crippen LogP contribution is 2.47. The lowest BCUT2D eigenvalue weighted by molar-refractivity contribution is 1.21. The molecule has 0 N–H and O–H groups in total. The highest BCUT2D eigenvalue weighted by Gasteiger charge is 2.25. The molecule has 1 aliphatic carbocycles. The van der Waals surface area contributed by atoms with Crippen molar-refractivity contribution >= 4 is 48.5 Å². The molecular weight excluding hydrogens is 490 g/mol. The van der Waals surface area contributed by atoms with Gasteiger partial charge >= 0.3 is 0 Å². The van der Waals surface area contributed by atoms with Crippen LogP contribution >= 0.6 is 11.3 Å². The van der Waals surface area contributed by atoms with Crippen LogP contribution in [0.25, 0.3) is 48.0 Å². The molecule has 0 spiro atoms. The van der Waals surface area contributed by atoms with Gasteiger partial charge in [0, 0.05) is 37.6 Å². The van der Waals surface area contributed by atoms with Gasteiger partial charge in [0.2, 0.25) is 0 Å². The quantitative estimate of drug-likeness (QED) is 0.222. The Labute approximate surface area is 232 Å². The average Bonchev–Trinajstić information content (AvgIpc) is 3.31. The van der Waals surface area contributed by atoms with Crippen molar-refractivity contribution in [1.29, 1.82) is 0 Å². The number of rotatable bonds is 2. The van der Waals surface area contributed by atoms with Gasteiger partial charge in [0.15, 0.2) is 0 Å². The molecule has 0 saturated heterocycles. The number of allylic oxidation sites excluding steroid dienone is 4. The lowest BCUT2D eigenvalue weighted by Gasteiger charge is -2.27. The maximum absolute atomic E-state index is 4.59. The minimum absolute atomic E-state index is 0.894. The summed E-state index contributed by atoms with van der Waals surface area (Å²) in [5.74, 6) is 0. The Balaban J connectivity index is 1.26. The smallest absolute Gasteiger partial charge is 0.0540 e. The van der Waals surface area contributed by atoms with Gasteiger partial charge in [0.1, 0.15) is 0 Å². The van der Waals surface area contributed by atoms with Crippen molar-refractivity contribution in [3.05, 3.63) is 151 Å². The van der Waals surface area contributed by atoms with Crippen LogP contribution in [0.2, 0.25) is 0 Å². The molecule has 6 aromatic rings. The Morgan fingerprint density at radius 2 is 1.41 bits per heavy atom. The number of benzene rings is 5. The van der Waals surface area contributed by atoms with E-state index in [0.717, 1.165) is 23.4 Å². The first-order valence-electron chi connectivity index (χ1n) is 13.3. The van der Waals surface area contributed by atoms with Crippen LogP contribution in [-0.4, -0.2) is 0 Å². The maximum atomic E-state index is 4.59. The second-order valence-corrected chi connectivity index (χ2v) is 11.3. The predicted molar refractivity (Wildman–Crippen MR) is 169 cm³/mol. The lowest BCUT2D eigenvalue weighted by Crippen LogP contribution is -2.12. The predicted octanol–water partition coefficient (Wildman–Crippen LogP) is 10.5.